The fourth-order valence-electron chi connectivity index (χ4n) is 1.53. The van der Waals surface area contributed by atoms with Crippen molar-refractivity contribution in [3.8, 4) is 0 Å². The van der Waals surface area contributed by atoms with Gasteiger partial charge in [0, 0.05) is 21.9 Å². The molecule has 0 aliphatic rings. The van der Waals surface area contributed by atoms with Gasteiger partial charge in [-0.05, 0) is 43.0 Å². The summed E-state index contributed by atoms with van der Waals surface area (Å²) in [6, 6.07) is 7.84. The Bertz CT molecular complexity index is 438. The molecule has 0 saturated carbocycles. The van der Waals surface area contributed by atoms with Crippen LogP contribution in [0.2, 0.25) is 0 Å². The molecule has 1 aromatic rings. The predicted molar refractivity (Wildman–Crippen MR) is 81.9 cm³/mol. The second kappa shape index (κ2) is 8.00. The van der Waals surface area contributed by atoms with Crippen molar-refractivity contribution in [2.75, 3.05) is 12.4 Å². The molecule has 0 aliphatic carbocycles. The van der Waals surface area contributed by atoms with E-state index in [0.717, 1.165) is 28.7 Å². The van der Waals surface area contributed by atoms with E-state index in [-0.39, 0.29) is 5.97 Å². The molecule has 0 unspecified atom stereocenters. The van der Waals surface area contributed by atoms with Crippen LogP contribution >= 0.6 is 15.9 Å². The van der Waals surface area contributed by atoms with Crippen molar-refractivity contribution in [1.29, 1.82) is 0 Å². The summed E-state index contributed by atoms with van der Waals surface area (Å²) in [5.41, 5.74) is 1.84. The molecule has 0 radical (unpaired) electrons. The van der Waals surface area contributed by atoms with E-state index in [9.17, 15) is 4.79 Å². The van der Waals surface area contributed by atoms with Gasteiger partial charge in [0.15, 0.2) is 0 Å². The molecule has 0 aromatic heterocycles. The molecule has 1 rings (SSSR count). The normalized spacial score (nSPS) is 11.5. The van der Waals surface area contributed by atoms with Gasteiger partial charge >= 0.3 is 5.97 Å². The number of hydrogen-bond acceptors (Lipinski definition) is 3. The van der Waals surface area contributed by atoms with Crippen LogP contribution in [0, 0.1) is 5.92 Å². The average Bonchev–Trinajstić information content (AvgIpc) is 2.38. The summed E-state index contributed by atoms with van der Waals surface area (Å²) in [7, 11) is 1.39. The lowest BCUT2D eigenvalue weighted by molar-refractivity contribution is -0.134. The van der Waals surface area contributed by atoms with Gasteiger partial charge < -0.3 is 10.1 Å². The number of nitrogens with one attached hydrogen (secondary N) is 1. The van der Waals surface area contributed by atoms with E-state index >= 15 is 0 Å². The zero-order chi connectivity index (χ0) is 14.3. The minimum absolute atomic E-state index is 0.330. The molecular weight excluding hydrogens is 306 g/mol. The largest absolute Gasteiger partial charge is 0.466 e. The Balaban J connectivity index is 2.75. The summed E-state index contributed by atoms with van der Waals surface area (Å²) < 4.78 is 5.71. The number of rotatable bonds is 6. The van der Waals surface area contributed by atoms with Crippen LogP contribution in [0.4, 0.5) is 5.69 Å². The first-order chi connectivity index (χ1) is 9.01. The van der Waals surface area contributed by atoms with Gasteiger partial charge in [0.05, 0.1) is 7.11 Å². The second-order valence-corrected chi connectivity index (χ2v) is 5.67. The lowest BCUT2D eigenvalue weighted by atomic mass is 10.1. The van der Waals surface area contributed by atoms with Crippen LogP contribution in [0.3, 0.4) is 0 Å². The third-order valence-electron chi connectivity index (χ3n) is 2.63. The quantitative estimate of drug-likeness (QED) is 0.624. The van der Waals surface area contributed by atoms with Crippen LogP contribution in [-0.4, -0.2) is 13.1 Å². The number of allylic oxidation sites excluding steroid dienone is 1. The Morgan fingerprint density at radius 3 is 2.53 bits per heavy atom. The SMILES string of the molecule is COC(=O)/C=C(/CCC(C)C)Nc1ccc(Br)cc1. The highest BCUT2D eigenvalue weighted by Crippen LogP contribution is 2.18. The average molecular weight is 326 g/mol. The van der Waals surface area contributed by atoms with E-state index < -0.39 is 0 Å². The van der Waals surface area contributed by atoms with Crippen molar-refractivity contribution < 1.29 is 9.53 Å². The molecule has 0 amide bonds. The van der Waals surface area contributed by atoms with E-state index in [1.165, 1.54) is 13.2 Å². The van der Waals surface area contributed by atoms with Gasteiger partial charge in [-0.15, -0.1) is 0 Å². The molecular formula is C15H20BrNO2. The van der Waals surface area contributed by atoms with Crippen molar-refractivity contribution in [2.45, 2.75) is 26.7 Å². The smallest absolute Gasteiger partial charge is 0.332 e. The van der Waals surface area contributed by atoms with Crippen molar-refractivity contribution in [3.63, 3.8) is 0 Å². The molecule has 0 fully saturated rings. The van der Waals surface area contributed by atoms with Crippen LogP contribution in [0.1, 0.15) is 26.7 Å². The minimum Gasteiger partial charge on any atom is -0.466 e. The summed E-state index contributed by atoms with van der Waals surface area (Å²) in [6.45, 7) is 4.32. The van der Waals surface area contributed by atoms with Gasteiger partial charge in [-0.1, -0.05) is 29.8 Å². The third kappa shape index (κ3) is 6.43. The first kappa shape index (κ1) is 15.8. The highest BCUT2D eigenvalue weighted by Gasteiger charge is 2.05. The maximum atomic E-state index is 11.4. The molecule has 4 heteroatoms. The van der Waals surface area contributed by atoms with Crippen LogP contribution in [0.25, 0.3) is 0 Å². The first-order valence-corrected chi connectivity index (χ1v) is 7.11. The number of halogens is 1. The van der Waals surface area contributed by atoms with Crippen LogP contribution in [-0.2, 0) is 9.53 Å². The number of benzene rings is 1. The number of hydrogen-bond donors (Lipinski definition) is 1. The zero-order valence-corrected chi connectivity index (χ0v) is 13.2. The van der Waals surface area contributed by atoms with Crippen LogP contribution in [0.5, 0.6) is 0 Å². The standard InChI is InChI=1S/C15H20BrNO2/c1-11(2)4-7-14(10-15(18)19-3)17-13-8-5-12(16)6-9-13/h5-6,8-11,17H,4,7H2,1-3H3/b14-10-. The van der Waals surface area contributed by atoms with Crippen molar-refractivity contribution in [1.82, 2.24) is 0 Å². The molecule has 3 nitrogen and oxygen atoms in total. The molecule has 1 aromatic carbocycles. The highest BCUT2D eigenvalue weighted by molar-refractivity contribution is 9.10. The molecule has 0 aliphatic heterocycles. The zero-order valence-electron chi connectivity index (χ0n) is 11.6. The van der Waals surface area contributed by atoms with E-state index in [2.05, 4.69) is 39.8 Å². The summed E-state index contributed by atoms with van der Waals surface area (Å²) in [5.74, 6) is 0.260. The lowest BCUT2D eigenvalue weighted by Crippen LogP contribution is -2.06. The maximum absolute atomic E-state index is 11.4. The van der Waals surface area contributed by atoms with Crippen LogP contribution < -0.4 is 5.32 Å². The second-order valence-electron chi connectivity index (χ2n) is 4.76. The number of methoxy groups -OCH3 is 1. The van der Waals surface area contributed by atoms with Crippen LogP contribution in [0.15, 0.2) is 40.5 Å². The lowest BCUT2D eigenvalue weighted by Gasteiger charge is -2.12. The molecule has 104 valence electrons. The number of carbonyl (C=O) groups is 1. The number of anilines is 1. The Kier molecular flexibility index (Phi) is 6.64. The van der Waals surface area contributed by atoms with E-state index in [0.29, 0.717) is 5.92 Å². The Morgan fingerprint density at radius 2 is 2.00 bits per heavy atom. The van der Waals surface area contributed by atoms with Gasteiger partial charge in [0.25, 0.3) is 0 Å². The summed E-state index contributed by atoms with van der Waals surface area (Å²) in [4.78, 5) is 11.4. The van der Waals surface area contributed by atoms with Gasteiger partial charge in [-0.2, -0.15) is 0 Å². The molecule has 0 spiro atoms. The van der Waals surface area contributed by atoms with E-state index in [4.69, 9.17) is 0 Å². The number of ether oxygens (including phenoxy) is 1. The first-order valence-electron chi connectivity index (χ1n) is 6.32. The van der Waals surface area contributed by atoms with E-state index in [1.807, 2.05) is 24.3 Å². The fourth-order valence-corrected chi connectivity index (χ4v) is 1.80. The fraction of sp³-hybridized carbons (Fsp3) is 0.400. The van der Waals surface area contributed by atoms with Crippen molar-refractivity contribution >= 4 is 27.6 Å². The summed E-state index contributed by atoms with van der Waals surface area (Å²) in [6.07, 6.45) is 3.36. The van der Waals surface area contributed by atoms with Gasteiger partial charge in [-0.3, -0.25) is 0 Å². The van der Waals surface area contributed by atoms with Gasteiger partial charge in [-0.25, -0.2) is 4.79 Å². The Hall–Kier alpha value is -1.29. The molecule has 0 heterocycles. The van der Waals surface area contributed by atoms with E-state index in [1.54, 1.807) is 0 Å². The number of esters is 1. The number of carbonyl (C=O) groups excluding carboxylic acids is 1. The van der Waals surface area contributed by atoms with Crippen molar-refractivity contribution in [3.05, 3.63) is 40.5 Å². The molecule has 0 bridgehead atoms. The molecule has 0 atom stereocenters. The molecule has 1 N–H and O–H groups in total. The van der Waals surface area contributed by atoms with Crippen molar-refractivity contribution in [2.24, 2.45) is 5.92 Å². The molecule has 0 saturated heterocycles. The van der Waals surface area contributed by atoms with Gasteiger partial charge in [0.2, 0.25) is 0 Å². The van der Waals surface area contributed by atoms with Gasteiger partial charge in [0.1, 0.15) is 0 Å². The summed E-state index contributed by atoms with van der Waals surface area (Å²) >= 11 is 3.40. The minimum atomic E-state index is -0.330. The Labute approximate surface area is 123 Å². The highest BCUT2D eigenvalue weighted by atomic mass is 79.9. The monoisotopic (exact) mass is 325 g/mol. The maximum Gasteiger partial charge on any atom is 0.332 e. The summed E-state index contributed by atoms with van der Waals surface area (Å²) in [5, 5.41) is 3.27. The third-order valence-corrected chi connectivity index (χ3v) is 3.16. The topological polar surface area (TPSA) is 38.3 Å². The predicted octanol–water partition coefficient (Wildman–Crippen LogP) is 4.35. The Morgan fingerprint density at radius 1 is 1.37 bits per heavy atom. The molecule has 19 heavy (non-hydrogen) atoms.